The first kappa shape index (κ1) is 16.3. The molecule has 1 fully saturated rings. The summed E-state index contributed by atoms with van der Waals surface area (Å²) in [6.07, 6.45) is 0. The topological polar surface area (TPSA) is 20.3 Å². The molecular formula is C20H23NOS. The maximum atomic E-state index is 13.1. The molecule has 1 aliphatic rings. The summed E-state index contributed by atoms with van der Waals surface area (Å²) in [7, 11) is 0. The smallest absolute Gasteiger partial charge is 0.193 e. The van der Waals surface area contributed by atoms with Crippen molar-refractivity contribution in [1.29, 1.82) is 0 Å². The average molecular weight is 325 g/mol. The minimum atomic E-state index is 0.155. The normalized spacial score (nSPS) is 15.6. The van der Waals surface area contributed by atoms with Gasteiger partial charge < -0.3 is 0 Å². The van der Waals surface area contributed by atoms with Gasteiger partial charge in [0.15, 0.2) is 5.78 Å². The lowest BCUT2D eigenvalue weighted by atomic mass is 9.92. The zero-order valence-corrected chi connectivity index (χ0v) is 14.7. The van der Waals surface area contributed by atoms with Crippen molar-refractivity contribution in [2.75, 3.05) is 24.6 Å². The summed E-state index contributed by atoms with van der Waals surface area (Å²) in [6, 6.07) is 14.1. The fraction of sp³-hybridized carbons (Fsp3) is 0.350. The molecule has 0 radical (unpaired) electrons. The minimum absolute atomic E-state index is 0.155. The molecule has 0 aliphatic carbocycles. The molecule has 2 aromatic carbocycles. The number of nitrogens with zero attached hydrogens (tertiary/aromatic N) is 1. The number of aryl methyl sites for hydroxylation is 2. The number of carbonyl (C=O) groups excluding carboxylic acids is 1. The maximum absolute atomic E-state index is 13.1. The Kier molecular flexibility index (Phi) is 5.19. The Hall–Kier alpha value is -1.58. The Morgan fingerprint density at radius 2 is 1.65 bits per heavy atom. The van der Waals surface area contributed by atoms with Gasteiger partial charge in [-0.1, -0.05) is 42.5 Å². The summed E-state index contributed by atoms with van der Waals surface area (Å²) in [5, 5.41) is 0. The van der Waals surface area contributed by atoms with Crippen molar-refractivity contribution in [2.24, 2.45) is 0 Å². The molecule has 1 heterocycles. The van der Waals surface area contributed by atoms with E-state index >= 15 is 0 Å². The van der Waals surface area contributed by atoms with Gasteiger partial charge in [0.2, 0.25) is 0 Å². The summed E-state index contributed by atoms with van der Waals surface area (Å²) in [5.74, 6) is 2.53. The molecule has 3 heteroatoms. The molecule has 0 unspecified atom stereocenters. The number of thioether (sulfide) groups is 1. The van der Waals surface area contributed by atoms with E-state index in [2.05, 4.69) is 11.0 Å². The third-order valence-corrected chi connectivity index (χ3v) is 5.41. The molecule has 120 valence electrons. The molecule has 2 nitrogen and oxygen atoms in total. The van der Waals surface area contributed by atoms with Crippen molar-refractivity contribution in [3.8, 4) is 0 Å². The molecule has 0 atom stereocenters. The Labute approximate surface area is 142 Å². The number of carbonyl (C=O) groups is 1. The van der Waals surface area contributed by atoms with Crippen molar-refractivity contribution in [2.45, 2.75) is 20.4 Å². The summed E-state index contributed by atoms with van der Waals surface area (Å²) >= 11 is 2.01. The van der Waals surface area contributed by atoms with Crippen LogP contribution in [-0.2, 0) is 6.54 Å². The van der Waals surface area contributed by atoms with Gasteiger partial charge in [0.1, 0.15) is 0 Å². The monoisotopic (exact) mass is 325 g/mol. The largest absolute Gasteiger partial charge is 0.297 e. The standard InChI is InChI=1S/C20H23NOS/c1-15-6-5-7-16(2)19(15)20(22)18-9-4-3-8-17(18)14-21-10-12-23-13-11-21/h3-9H,10-14H2,1-2H3. The van der Waals surface area contributed by atoms with E-state index < -0.39 is 0 Å². The number of hydrogen-bond donors (Lipinski definition) is 0. The molecule has 0 spiro atoms. The molecule has 2 aromatic rings. The van der Waals surface area contributed by atoms with Crippen molar-refractivity contribution < 1.29 is 4.79 Å². The number of ketones is 1. The van der Waals surface area contributed by atoms with Crippen molar-refractivity contribution in [1.82, 2.24) is 4.90 Å². The van der Waals surface area contributed by atoms with Crippen LogP contribution in [0.3, 0.4) is 0 Å². The maximum Gasteiger partial charge on any atom is 0.193 e. The zero-order chi connectivity index (χ0) is 16.2. The van der Waals surface area contributed by atoms with Crippen molar-refractivity contribution in [3.05, 3.63) is 70.3 Å². The van der Waals surface area contributed by atoms with E-state index in [1.165, 1.54) is 11.5 Å². The molecule has 0 bridgehead atoms. The van der Waals surface area contributed by atoms with Gasteiger partial charge in [-0.05, 0) is 30.5 Å². The van der Waals surface area contributed by atoms with E-state index in [4.69, 9.17) is 0 Å². The zero-order valence-electron chi connectivity index (χ0n) is 13.8. The van der Waals surface area contributed by atoms with E-state index in [1.54, 1.807) is 0 Å². The van der Waals surface area contributed by atoms with E-state index in [0.29, 0.717) is 0 Å². The summed E-state index contributed by atoms with van der Waals surface area (Å²) in [4.78, 5) is 15.6. The molecular weight excluding hydrogens is 302 g/mol. The van der Waals surface area contributed by atoms with Crippen LogP contribution in [0.2, 0.25) is 0 Å². The number of benzene rings is 2. The second-order valence-electron chi connectivity index (χ2n) is 6.14. The van der Waals surface area contributed by atoms with Gasteiger partial charge in [0, 0.05) is 42.3 Å². The van der Waals surface area contributed by atoms with Crippen LogP contribution in [0.5, 0.6) is 0 Å². The molecule has 0 aromatic heterocycles. The molecule has 0 saturated carbocycles. The van der Waals surface area contributed by atoms with E-state index in [1.807, 2.05) is 62.0 Å². The average Bonchev–Trinajstić information content (AvgIpc) is 2.56. The van der Waals surface area contributed by atoms with E-state index in [9.17, 15) is 4.79 Å². The van der Waals surface area contributed by atoms with Crippen LogP contribution in [0.25, 0.3) is 0 Å². The molecule has 0 amide bonds. The summed E-state index contributed by atoms with van der Waals surface area (Å²) in [5.41, 5.74) is 4.96. The van der Waals surface area contributed by atoms with Gasteiger partial charge in [-0.25, -0.2) is 0 Å². The van der Waals surface area contributed by atoms with Crippen LogP contribution in [-0.4, -0.2) is 35.3 Å². The van der Waals surface area contributed by atoms with Gasteiger partial charge in [0.25, 0.3) is 0 Å². The Bertz CT molecular complexity index is 684. The number of hydrogen-bond acceptors (Lipinski definition) is 3. The third kappa shape index (κ3) is 3.67. The second-order valence-corrected chi connectivity index (χ2v) is 7.37. The third-order valence-electron chi connectivity index (χ3n) is 4.47. The highest BCUT2D eigenvalue weighted by atomic mass is 32.2. The highest BCUT2D eigenvalue weighted by Crippen LogP contribution is 2.22. The highest BCUT2D eigenvalue weighted by molar-refractivity contribution is 7.99. The van der Waals surface area contributed by atoms with Gasteiger partial charge in [0.05, 0.1) is 0 Å². The molecule has 1 aliphatic heterocycles. The van der Waals surface area contributed by atoms with Gasteiger partial charge in [-0.2, -0.15) is 11.8 Å². The highest BCUT2D eigenvalue weighted by Gasteiger charge is 2.19. The lowest BCUT2D eigenvalue weighted by molar-refractivity contribution is 0.103. The van der Waals surface area contributed by atoms with Crippen LogP contribution in [0, 0.1) is 13.8 Å². The van der Waals surface area contributed by atoms with Crippen LogP contribution in [0.4, 0.5) is 0 Å². The van der Waals surface area contributed by atoms with Crippen LogP contribution in [0.1, 0.15) is 32.6 Å². The van der Waals surface area contributed by atoms with Gasteiger partial charge >= 0.3 is 0 Å². The lowest BCUT2D eigenvalue weighted by Gasteiger charge is -2.27. The Morgan fingerprint density at radius 1 is 1.00 bits per heavy atom. The Balaban J connectivity index is 1.92. The minimum Gasteiger partial charge on any atom is -0.297 e. The molecule has 23 heavy (non-hydrogen) atoms. The summed E-state index contributed by atoms with van der Waals surface area (Å²) < 4.78 is 0. The SMILES string of the molecule is Cc1cccc(C)c1C(=O)c1ccccc1CN1CCSCC1. The van der Waals surface area contributed by atoms with Crippen molar-refractivity contribution in [3.63, 3.8) is 0 Å². The first-order valence-electron chi connectivity index (χ1n) is 8.16. The van der Waals surface area contributed by atoms with Crippen LogP contribution in [0.15, 0.2) is 42.5 Å². The van der Waals surface area contributed by atoms with E-state index in [0.717, 1.165) is 47.5 Å². The first-order chi connectivity index (χ1) is 11.2. The van der Waals surface area contributed by atoms with Crippen molar-refractivity contribution >= 4 is 17.5 Å². The van der Waals surface area contributed by atoms with Gasteiger partial charge in [-0.3, -0.25) is 9.69 Å². The second kappa shape index (κ2) is 7.33. The van der Waals surface area contributed by atoms with Crippen LogP contribution < -0.4 is 0 Å². The quantitative estimate of drug-likeness (QED) is 0.790. The number of rotatable bonds is 4. The first-order valence-corrected chi connectivity index (χ1v) is 9.31. The fourth-order valence-corrected chi connectivity index (χ4v) is 4.17. The summed E-state index contributed by atoms with van der Waals surface area (Å²) in [6.45, 7) is 7.12. The Morgan fingerprint density at radius 3 is 2.35 bits per heavy atom. The molecule has 0 N–H and O–H groups in total. The fourth-order valence-electron chi connectivity index (χ4n) is 3.19. The predicted octanol–water partition coefficient (Wildman–Crippen LogP) is 4.08. The van der Waals surface area contributed by atoms with E-state index in [-0.39, 0.29) is 5.78 Å². The lowest BCUT2D eigenvalue weighted by Crippen LogP contribution is -2.32. The predicted molar refractivity (Wildman–Crippen MR) is 98.4 cm³/mol. The molecule has 1 saturated heterocycles. The van der Waals surface area contributed by atoms with Gasteiger partial charge in [-0.15, -0.1) is 0 Å². The van der Waals surface area contributed by atoms with Crippen LogP contribution >= 0.6 is 11.8 Å². The molecule has 3 rings (SSSR count).